The number of sulfonamides is 1. The van der Waals surface area contributed by atoms with E-state index >= 15 is 0 Å². The Labute approximate surface area is 115 Å². The molecule has 0 amide bonds. The lowest BCUT2D eigenvalue weighted by Crippen LogP contribution is -2.22. The zero-order chi connectivity index (χ0) is 14.3. The molecule has 110 valence electrons. The maximum absolute atomic E-state index is 11.9. The Hall–Kier alpha value is -1.08. The van der Waals surface area contributed by atoms with Gasteiger partial charge in [0.1, 0.15) is 0 Å². The highest BCUT2D eigenvalue weighted by atomic mass is 32.2. The number of hydrogen-bond acceptors (Lipinski definition) is 4. The van der Waals surface area contributed by atoms with Gasteiger partial charge in [0.05, 0.1) is 17.1 Å². The number of anilines is 1. The molecule has 1 aromatic rings. The van der Waals surface area contributed by atoms with Gasteiger partial charge in [-0.3, -0.25) is 9.40 Å². The Balaban J connectivity index is 2.49. The minimum atomic E-state index is -3.28. The molecule has 0 aliphatic heterocycles. The molecule has 0 bridgehead atoms. The third kappa shape index (κ3) is 5.61. The molecule has 0 atom stereocenters. The largest absolute Gasteiger partial charge is 0.317 e. The summed E-state index contributed by atoms with van der Waals surface area (Å²) in [6.07, 6.45) is 4.07. The third-order valence-electron chi connectivity index (χ3n) is 2.70. The summed E-state index contributed by atoms with van der Waals surface area (Å²) in [5.74, 6) is 0.127. The predicted octanol–water partition coefficient (Wildman–Crippen LogP) is 1.11. The molecule has 0 aliphatic rings. The van der Waals surface area contributed by atoms with Crippen LogP contribution in [-0.2, 0) is 23.5 Å². The molecule has 0 saturated heterocycles. The summed E-state index contributed by atoms with van der Waals surface area (Å²) in [6, 6.07) is 0. The number of nitrogens with zero attached hydrogens (tertiary/aromatic N) is 2. The van der Waals surface area contributed by atoms with Crippen molar-refractivity contribution in [3.05, 3.63) is 11.9 Å². The molecule has 1 heterocycles. The Morgan fingerprint density at radius 2 is 2.05 bits per heavy atom. The van der Waals surface area contributed by atoms with Crippen molar-refractivity contribution >= 4 is 15.7 Å². The topological polar surface area (TPSA) is 76.0 Å². The zero-order valence-corrected chi connectivity index (χ0v) is 12.8. The Bertz CT molecular complexity index is 482. The van der Waals surface area contributed by atoms with Crippen molar-refractivity contribution in [1.29, 1.82) is 0 Å². The Kier molecular flexibility index (Phi) is 6.30. The van der Waals surface area contributed by atoms with Gasteiger partial charge >= 0.3 is 0 Å². The average molecular weight is 288 g/mol. The molecular weight excluding hydrogens is 264 g/mol. The van der Waals surface area contributed by atoms with Crippen LogP contribution in [0.5, 0.6) is 0 Å². The van der Waals surface area contributed by atoms with E-state index in [1.165, 1.54) is 0 Å². The lowest BCUT2D eigenvalue weighted by molar-refractivity contribution is 0.593. The first-order valence-electron chi connectivity index (χ1n) is 6.72. The zero-order valence-electron chi connectivity index (χ0n) is 11.9. The number of hydrogen-bond donors (Lipinski definition) is 2. The molecule has 0 aromatic carbocycles. The van der Waals surface area contributed by atoms with Crippen LogP contribution < -0.4 is 10.0 Å². The highest BCUT2D eigenvalue weighted by Gasteiger charge is 2.14. The van der Waals surface area contributed by atoms with E-state index in [1.54, 1.807) is 17.9 Å². The molecule has 2 N–H and O–H groups in total. The van der Waals surface area contributed by atoms with Crippen molar-refractivity contribution in [3.63, 3.8) is 0 Å². The Morgan fingerprint density at radius 3 is 2.68 bits per heavy atom. The maximum Gasteiger partial charge on any atom is 0.232 e. The summed E-state index contributed by atoms with van der Waals surface area (Å²) in [5, 5.41) is 7.40. The quantitative estimate of drug-likeness (QED) is 0.668. The van der Waals surface area contributed by atoms with Gasteiger partial charge in [-0.25, -0.2) is 8.42 Å². The molecule has 1 aromatic heterocycles. The van der Waals surface area contributed by atoms with Crippen molar-refractivity contribution in [2.45, 2.75) is 33.1 Å². The lowest BCUT2D eigenvalue weighted by Gasteiger charge is -2.07. The minimum Gasteiger partial charge on any atom is -0.317 e. The first kappa shape index (κ1) is 16.0. The van der Waals surface area contributed by atoms with Gasteiger partial charge in [-0.1, -0.05) is 13.8 Å². The van der Waals surface area contributed by atoms with Gasteiger partial charge in [-0.2, -0.15) is 5.10 Å². The van der Waals surface area contributed by atoms with Gasteiger partial charge in [0, 0.05) is 13.2 Å². The summed E-state index contributed by atoms with van der Waals surface area (Å²) < 4.78 is 28.1. The van der Waals surface area contributed by atoms with Gasteiger partial charge in [-0.05, 0) is 32.4 Å². The fraction of sp³-hybridized carbons (Fsp3) is 0.750. The van der Waals surface area contributed by atoms with Crippen molar-refractivity contribution in [1.82, 2.24) is 15.1 Å². The Morgan fingerprint density at radius 1 is 1.32 bits per heavy atom. The smallest absolute Gasteiger partial charge is 0.232 e. The molecule has 0 radical (unpaired) electrons. The molecule has 7 heteroatoms. The highest BCUT2D eigenvalue weighted by Crippen LogP contribution is 2.15. The number of aromatic nitrogens is 2. The van der Waals surface area contributed by atoms with Crippen LogP contribution >= 0.6 is 0 Å². The second-order valence-electron chi connectivity index (χ2n) is 4.54. The van der Waals surface area contributed by atoms with E-state index < -0.39 is 10.0 Å². The van der Waals surface area contributed by atoms with E-state index in [1.807, 2.05) is 6.92 Å². The van der Waals surface area contributed by atoms with E-state index in [9.17, 15) is 8.42 Å². The summed E-state index contributed by atoms with van der Waals surface area (Å²) in [5.41, 5.74) is 1.36. The van der Waals surface area contributed by atoms with E-state index in [-0.39, 0.29) is 5.75 Å². The molecule has 0 unspecified atom stereocenters. The fourth-order valence-corrected chi connectivity index (χ4v) is 2.92. The molecule has 19 heavy (non-hydrogen) atoms. The second kappa shape index (κ2) is 7.49. The number of rotatable bonds is 9. The molecule has 1 rings (SSSR count). The van der Waals surface area contributed by atoms with E-state index in [0.717, 1.165) is 25.2 Å². The van der Waals surface area contributed by atoms with Crippen LogP contribution in [-0.4, -0.2) is 37.0 Å². The maximum atomic E-state index is 11.9. The normalized spacial score (nSPS) is 11.7. The highest BCUT2D eigenvalue weighted by molar-refractivity contribution is 7.92. The predicted molar refractivity (Wildman–Crippen MR) is 77.8 cm³/mol. The van der Waals surface area contributed by atoms with Crippen LogP contribution in [0.2, 0.25) is 0 Å². The minimum absolute atomic E-state index is 0.127. The fourth-order valence-electron chi connectivity index (χ4n) is 1.79. The van der Waals surface area contributed by atoms with E-state index in [4.69, 9.17) is 0 Å². The summed E-state index contributed by atoms with van der Waals surface area (Å²) in [7, 11) is -1.50. The lowest BCUT2D eigenvalue weighted by atomic mass is 10.3. The number of aryl methyl sites for hydroxylation is 2. The van der Waals surface area contributed by atoms with Gasteiger partial charge in [0.2, 0.25) is 10.0 Å². The van der Waals surface area contributed by atoms with Crippen molar-refractivity contribution in [2.24, 2.45) is 7.05 Å². The molecular formula is C12H24N4O2S. The van der Waals surface area contributed by atoms with Crippen LogP contribution in [0.25, 0.3) is 0 Å². The summed E-state index contributed by atoms with van der Waals surface area (Å²) in [4.78, 5) is 0. The SMILES string of the molecule is CCCNCCCS(=O)(=O)Nc1cn(C)nc1CC. The van der Waals surface area contributed by atoms with Crippen LogP contribution in [0, 0.1) is 0 Å². The second-order valence-corrected chi connectivity index (χ2v) is 6.38. The van der Waals surface area contributed by atoms with Gasteiger partial charge < -0.3 is 5.32 Å². The van der Waals surface area contributed by atoms with Crippen LogP contribution in [0.4, 0.5) is 5.69 Å². The number of nitrogens with one attached hydrogen (secondary N) is 2. The van der Waals surface area contributed by atoms with Crippen LogP contribution in [0.1, 0.15) is 32.4 Å². The summed E-state index contributed by atoms with van der Waals surface area (Å²) in [6.45, 7) is 5.69. The molecule has 0 fully saturated rings. The van der Waals surface area contributed by atoms with Crippen LogP contribution in [0.3, 0.4) is 0 Å². The molecule has 0 saturated carbocycles. The van der Waals surface area contributed by atoms with Gasteiger partial charge in [0.15, 0.2) is 0 Å². The average Bonchev–Trinajstić information content (AvgIpc) is 2.68. The molecule has 0 aliphatic carbocycles. The third-order valence-corrected chi connectivity index (χ3v) is 4.06. The molecule has 6 nitrogen and oxygen atoms in total. The van der Waals surface area contributed by atoms with Gasteiger partial charge in [-0.15, -0.1) is 0 Å². The monoisotopic (exact) mass is 288 g/mol. The van der Waals surface area contributed by atoms with E-state index in [0.29, 0.717) is 18.5 Å². The first-order chi connectivity index (χ1) is 8.98. The standard InChI is InChI=1S/C12H24N4O2S/c1-4-7-13-8-6-9-19(17,18)15-12-10-16(3)14-11(12)5-2/h10,13,15H,4-9H2,1-3H3. The van der Waals surface area contributed by atoms with Crippen molar-refractivity contribution < 1.29 is 8.42 Å². The first-order valence-corrected chi connectivity index (χ1v) is 8.37. The van der Waals surface area contributed by atoms with Crippen LogP contribution in [0.15, 0.2) is 6.20 Å². The van der Waals surface area contributed by atoms with Crippen molar-refractivity contribution in [3.8, 4) is 0 Å². The van der Waals surface area contributed by atoms with E-state index in [2.05, 4.69) is 22.1 Å². The van der Waals surface area contributed by atoms with Gasteiger partial charge in [0.25, 0.3) is 0 Å². The molecule has 0 spiro atoms. The summed E-state index contributed by atoms with van der Waals surface area (Å²) >= 11 is 0. The van der Waals surface area contributed by atoms with Crippen molar-refractivity contribution in [2.75, 3.05) is 23.6 Å².